The Labute approximate surface area is 92.9 Å². The van der Waals surface area contributed by atoms with E-state index in [4.69, 9.17) is 21.1 Å². The first-order valence-electron chi connectivity index (χ1n) is 4.62. The van der Waals surface area contributed by atoms with Crippen LogP contribution in [0.3, 0.4) is 0 Å². The highest BCUT2D eigenvalue weighted by molar-refractivity contribution is 6.65. The van der Waals surface area contributed by atoms with Crippen LogP contribution in [0, 0.1) is 0 Å². The third kappa shape index (κ3) is 1.47. The summed E-state index contributed by atoms with van der Waals surface area (Å²) in [6, 6.07) is 3.66. The van der Waals surface area contributed by atoms with E-state index in [9.17, 15) is 4.79 Å². The van der Waals surface area contributed by atoms with Gasteiger partial charge in [-0.15, -0.1) is 0 Å². The summed E-state index contributed by atoms with van der Waals surface area (Å²) in [5.74, 6) is 1.22. The van der Waals surface area contributed by atoms with Gasteiger partial charge in [0.05, 0.1) is 20.1 Å². The van der Waals surface area contributed by atoms with Crippen LogP contribution < -0.4 is 9.47 Å². The topological polar surface area (TPSA) is 35.5 Å². The number of carbonyl (C=O) groups is 1. The normalized spacial score (nSPS) is 17.7. The maximum atomic E-state index is 11.0. The summed E-state index contributed by atoms with van der Waals surface area (Å²) < 4.78 is 10.4. The van der Waals surface area contributed by atoms with Gasteiger partial charge in [-0.05, 0) is 29.7 Å². The SMILES string of the molecule is COc1ccc2c(c1OC)CC2C(=O)Cl. The van der Waals surface area contributed by atoms with Crippen molar-refractivity contribution in [3.8, 4) is 11.5 Å². The van der Waals surface area contributed by atoms with Crippen molar-refractivity contribution in [2.75, 3.05) is 14.2 Å². The van der Waals surface area contributed by atoms with Gasteiger partial charge in [0.25, 0.3) is 0 Å². The molecule has 15 heavy (non-hydrogen) atoms. The highest BCUT2D eigenvalue weighted by Gasteiger charge is 2.35. The number of carbonyl (C=O) groups excluding carboxylic acids is 1. The molecule has 4 heteroatoms. The van der Waals surface area contributed by atoms with Crippen LogP contribution in [-0.4, -0.2) is 19.5 Å². The molecule has 1 aliphatic rings. The first-order valence-corrected chi connectivity index (χ1v) is 5.00. The van der Waals surface area contributed by atoms with Crippen LogP contribution in [0.4, 0.5) is 0 Å². The van der Waals surface area contributed by atoms with Gasteiger partial charge in [0, 0.05) is 5.56 Å². The number of methoxy groups -OCH3 is 2. The van der Waals surface area contributed by atoms with Gasteiger partial charge < -0.3 is 9.47 Å². The quantitative estimate of drug-likeness (QED) is 0.741. The van der Waals surface area contributed by atoms with E-state index in [1.807, 2.05) is 6.07 Å². The van der Waals surface area contributed by atoms with Gasteiger partial charge in [-0.25, -0.2) is 0 Å². The van der Waals surface area contributed by atoms with Crippen LogP contribution in [0.15, 0.2) is 12.1 Å². The van der Waals surface area contributed by atoms with E-state index < -0.39 is 0 Å². The summed E-state index contributed by atoms with van der Waals surface area (Å²) in [5.41, 5.74) is 1.98. The van der Waals surface area contributed by atoms with Gasteiger partial charge in [0.1, 0.15) is 0 Å². The number of rotatable bonds is 3. The van der Waals surface area contributed by atoms with Crippen LogP contribution in [0.5, 0.6) is 11.5 Å². The van der Waals surface area contributed by atoms with E-state index in [2.05, 4.69) is 0 Å². The molecule has 3 nitrogen and oxygen atoms in total. The average Bonchev–Trinajstić information content (AvgIpc) is 2.18. The Morgan fingerprint density at radius 2 is 2.13 bits per heavy atom. The van der Waals surface area contributed by atoms with Crippen molar-refractivity contribution >= 4 is 16.8 Å². The summed E-state index contributed by atoms with van der Waals surface area (Å²) in [5, 5.41) is -0.310. The molecule has 1 aromatic carbocycles. The molecule has 0 fully saturated rings. The number of hydrogen-bond donors (Lipinski definition) is 0. The van der Waals surface area contributed by atoms with Gasteiger partial charge >= 0.3 is 0 Å². The zero-order chi connectivity index (χ0) is 11.0. The molecular weight excluding hydrogens is 216 g/mol. The molecule has 0 bridgehead atoms. The van der Waals surface area contributed by atoms with Gasteiger partial charge in [0.2, 0.25) is 5.24 Å². The molecular formula is C11H11ClO3. The lowest BCUT2D eigenvalue weighted by atomic mass is 9.77. The van der Waals surface area contributed by atoms with Gasteiger partial charge in [-0.3, -0.25) is 4.79 Å². The predicted molar refractivity (Wildman–Crippen MR) is 56.9 cm³/mol. The van der Waals surface area contributed by atoms with E-state index >= 15 is 0 Å². The highest BCUT2D eigenvalue weighted by atomic mass is 35.5. The second-order valence-electron chi connectivity index (χ2n) is 3.43. The molecule has 0 aliphatic heterocycles. The summed E-state index contributed by atoms with van der Waals surface area (Å²) in [6.45, 7) is 0. The second-order valence-corrected chi connectivity index (χ2v) is 3.80. The Hall–Kier alpha value is -1.22. The average molecular weight is 227 g/mol. The highest BCUT2D eigenvalue weighted by Crippen LogP contribution is 2.46. The molecule has 1 aliphatic carbocycles. The van der Waals surface area contributed by atoms with Crippen LogP contribution in [-0.2, 0) is 11.2 Å². The minimum atomic E-state index is -0.310. The van der Waals surface area contributed by atoms with Crippen LogP contribution in [0.2, 0.25) is 0 Å². The lowest BCUT2D eigenvalue weighted by Crippen LogP contribution is -2.23. The summed E-state index contributed by atoms with van der Waals surface area (Å²) in [6.07, 6.45) is 0.637. The number of benzene rings is 1. The van der Waals surface area contributed by atoms with Crippen molar-refractivity contribution in [3.63, 3.8) is 0 Å². The van der Waals surface area contributed by atoms with E-state index in [0.29, 0.717) is 17.9 Å². The van der Waals surface area contributed by atoms with Crippen molar-refractivity contribution in [1.82, 2.24) is 0 Å². The molecule has 0 heterocycles. The fraction of sp³-hybridized carbons (Fsp3) is 0.364. The summed E-state index contributed by atoms with van der Waals surface area (Å²) in [4.78, 5) is 11.0. The van der Waals surface area contributed by atoms with Crippen molar-refractivity contribution in [3.05, 3.63) is 23.3 Å². The molecule has 0 spiro atoms. The molecule has 1 atom stereocenters. The molecule has 1 unspecified atom stereocenters. The van der Waals surface area contributed by atoms with Crippen molar-refractivity contribution in [2.24, 2.45) is 0 Å². The monoisotopic (exact) mass is 226 g/mol. The van der Waals surface area contributed by atoms with Crippen LogP contribution >= 0.6 is 11.6 Å². The Balaban J connectivity index is 2.44. The van der Waals surface area contributed by atoms with Crippen molar-refractivity contribution in [1.29, 1.82) is 0 Å². The molecule has 0 saturated heterocycles. The van der Waals surface area contributed by atoms with Crippen LogP contribution in [0.25, 0.3) is 0 Å². The third-order valence-electron chi connectivity index (χ3n) is 2.74. The van der Waals surface area contributed by atoms with Gasteiger partial charge in [-0.2, -0.15) is 0 Å². The molecule has 0 N–H and O–H groups in total. The molecule has 2 rings (SSSR count). The standard InChI is InChI=1S/C11H11ClO3/c1-14-9-4-3-6-7(10(9)15-2)5-8(6)11(12)13/h3-4,8H,5H2,1-2H3. The molecule has 0 aromatic heterocycles. The van der Waals surface area contributed by atoms with Crippen LogP contribution in [0.1, 0.15) is 17.0 Å². The Morgan fingerprint density at radius 1 is 1.40 bits per heavy atom. The Bertz CT molecular complexity index is 415. The fourth-order valence-corrected chi connectivity index (χ4v) is 2.12. The lowest BCUT2D eigenvalue weighted by Gasteiger charge is -2.29. The number of halogens is 1. The minimum Gasteiger partial charge on any atom is -0.493 e. The van der Waals surface area contributed by atoms with E-state index in [0.717, 1.165) is 11.1 Å². The van der Waals surface area contributed by atoms with E-state index in [1.54, 1.807) is 20.3 Å². The zero-order valence-corrected chi connectivity index (χ0v) is 9.30. The van der Waals surface area contributed by atoms with Crippen molar-refractivity contribution < 1.29 is 14.3 Å². The molecule has 0 amide bonds. The zero-order valence-electron chi connectivity index (χ0n) is 8.54. The number of ether oxygens (including phenoxy) is 2. The van der Waals surface area contributed by atoms with Gasteiger partial charge in [0.15, 0.2) is 11.5 Å². The van der Waals surface area contributed by atoms with Gasteiger partial charge in [-0.1, -0.05) is 6.07 Å². The fourth-order valence-electron chi connectivity index (χ4n) is 1.93. The molecule has 80 valence electrons. The third-order valence-corrected chi connectivity index (χ3v) is 3.01. The van der Waals surface area contributed by atoms with E-state index in [1.165, 1.54) is 0 Å². The van der Waals surface area contributed by atoms with Crippen molar-refractivity contribution in [2.45, 2.75) is 12.3 Å². The maximum Gasteiger partial charge on any atom is 0.229 e. The lowest BCUT2D eigenvalue weighted by molar-refractivity contribution is -0.113. The molecule has 0 saturated carbocycles. The number of hydrogen-bond acceptors (Lipinski definition) is 3. The first-order chi connectivity index (χ1) is 7.19. The maximum absolute atomic E-state index is 11.0. The molecule has 0 radical (unpaired) electrons. The smallest absolute Gasteiger partial charge is 0.229 e. The minimum absolute atomic E-state index is 0.179. The number of fused-ring (bicyclic) bond motifs is 1. The van der Waals surface area contributed by atoms with E-state index in [-0.39, 0.29) is 11.2 Å². The second kappa shape index (κ2) is 3.74. The Morgan fingerprint density at radius 3 is 2.67 bits per heavy atom. The summed E-state index contributed by atoms with van der Waals surface area (Å²) >= 11 is 5.47. The predicted octanol–water partition coefficient (Wildman–Crippen LogP) is 2.11. The summed E-state index contributed by atoms with van der Waals surface area (Å²) in [7, 11) is 3.18. The Kier molecular flexibility index (Phi) is 2.57. The largest absolute Gasteiger partial charge is 0.493 e. The first kappa shape index (κ1) is 10.3. The molecule has 1 aromatic rings.